The van der Waals surface area contributed by atoms with Gasteiger partial charge in [0.15, 0.2) is 11.5 Å². The number of carbonyl (C=O) groups is 2. The van der Waals surface area contributed by atoms with Gasteiger partial charge in [-0.25, -0.2) is 15.0 Å². The number of pyridine rings is 2. The Morgan fingerprint density at radius 3 is 2.57 bits per heavy atom. The van der Waals surface area contributed by atoms with Crippen molar-refractivity contribution >= 4 is 28.9 Å². The average molecular weight is 402 g/mol. The van der Waals surface area contributed by atoms with Crippen molar-refractivity contribution in [1.29, 1.82) is 0 Å². The molecule has 0 spiro atoms. The van der Waals surface area contributed by atoms with Crippen molar-refractivity contribution in [3.05, 3.63) is 66.0 Å². The van der Waals surface area contributed by atoms with Gasteiger partial charge in [-0.2, -0.15) is 0 Å². The monoisotopic (exact) mass is 402 g/mol. The van der Waals surface area contributed by atoms with Crippen molar-refractivity contribution in [3.8, 4) is 17.1 Å². The lowest BCUT2D eigenvalue weighted by molar-refractivity contribution is -0.142. The number of nitrogen functional groups attached to an aromatic ring is 1. The number of imidazole rings is 1. The molecular weight excluding hydrogens is 384 g/mol. The van der Waals surface area contributed by atoms with Crippen LogP contribution in [0.1, 0.15) is 22.8 Å². The van der Waals surface area contributed by atoms with Gasteiger partial charge in [-0.3, -0.25) is 14.2 Å². The summed E-state index contributed by atoms with van der Waals surface area (Å²) in [6.45, 7) is 1.55. The Hall–Kier alpha value is -4.27. The number of carbonyl (C=O) groups excluding carboxylic acids is 2. The Morgan fingerprint density at radius 2 is 1.90 bits per heavy atom. The summed E-state index contributed by atoms with van der Waals surface area (Å²) in [4.78, 5) is 35.8. The molecule has 0 unspecified atom stereocenters. The third kappa shape index (κ3) is 3.55. The Labute approximate surface area is 171 Å². The van der Waals surface area contributed by atoms with Gasteiger partial charge < -0.3 is 16.2 Å². The molecule has 9 heteroatoms. The van der Waals surface area contributed by atoms with Crippen LogP contribution in [0.3, 0.4) is 0 Å². The summed E-state index contributed by atoms with van der Waals surface area (Å²) < 4.78 is 6.86. The van der Waals surface area contributed by atoms with Crippen molar-refractivity contribution in [2.45, 2.75) is 13.5 Å². The fraction of sp³-hybridized carbons (Fsp3) is 0.0952. The van der Waals surface area contributed by atoms with Crippen LogP contribution in [-0.2, 0) is 16.1 Å². The SMILES string of the molecule is CC(=O)OCc1ccc(-n2c(-c3cccnc3N)nc3cc(C(N)=O)cnc32)cc1. The van der Waals surface area contributed by atoms with Crippen LogP contribution in [0, 0.1) is 0 Å². The third-order valence-electron chi connectivity index (χ3n) is 4.50. The maximum absolute atomic E-state index is 11.6. The summed E-state index contributed by atoms with van der Waals surface area (Å²) >= 11 is 0. The summed E-state index contributed by atoms with van der Waals surface area (Å²) in [6, 6.07) is 12.6. The van der Waals surface area contributed by atoms with Crippen LogP contribution in [0.25, 0.3) is 28.2 Å². The quantitative estimate of drug-likeness (QED) is 0.488. The Morgan fingerprint density at radius 1 is 1.13 bits per heavy atom. The van der Waals surface area contributed by atoms with Crippen molar-refractivity contribution in [1.82, 2.24) is 19.5 Å². The maximum Gasteiger partial charge on any atom is 0.302 e. The van der Waals surface area contributed by atoms with Gasteiger partial charge in [-0.1, -0.05) is 12.1 Å². The first-order chi connectivity index (χ1) is 14.4. The van der Waals surface area contributed by atoms with Crippen LogP contribution < -0.4 is 11.5 Å². The number of primary amides is 1. The number of hydrogen-bond donors (Lipinski definition) is 2. The molecule has 150 valence electrons. The topological polar surface area (TPSA) is 139 Å². The molecule has 1 aromatic carbocycles. The summed E-state index contributed by atoms with van der Waals surface area (Å²) in [5.41, 5.74) is 15.0. The van der Waals surface area contributed by atoms with E-state index in [4.69, 9.17) is 16.2 Å². The lowest BCUT2D eigenvalue weighted by Gasteiger charge is -2.11. The van der Waals surface area contributed by atoms with Crippen LogP contribution in [0.2, 0.25) is 0 Å². The highest BCUT2D eigenvalue weighted by atomic mass is 16.5. The van der Waals surface area contributed by atoms with Gasteiger partial charge in [-0.15, -0.1) is 0 Å². The predicted molar refractivity (Wildman–Crippen MR) is 110 cm³/mol. The summed E-state index contributed by atoms with van der Waals surface area (Å²) in [7, 11) is 0. The fourth-order valence-electron chi connectivity index (χ4n) is 3.06. The van der Waals surface area contributed by atoms with Crippen LogP contribution in [-0.4, -0.2) is 31.4 Å². The van der Waals surface area contributed by atoms with Gasteiger partial charge in [0.25, 0.3) is 0 Å². The largest absolute Gasteiger partial charge is 0.461 e. The first-order valence-corrected chi connectivity index (χ1v) is 9.06. The van der Waals surface area contributed by atoms with Crippen molar-refractivity contribution in [2.24, 2.45) is 5.73 Å². The number of rotatable bonds is 5. The molecule has 0 aliphatic carbocycles. The second-order valence-corrected chi connectivity index (χ2v) is 6.58. The van der Waals surface area contributed by atoms with Gasteiger partial charge >= 0.3 is 5.97 Å². The lowest BCUT2D eigenvalue weighted by Crippen LogP contribution is -2.11. The molecule has 0 saturated carbocycles. The minimum Gasteiger partial charge on any atom is -0.461 e. The van der Waals surface area contributed by atoms with E-state index in [1.54, 1.807) is 18.3 Å². The zero-order valence-electron chi connectivity index (χ0n) is 16.1. The van der Waals surface area contributed by atoms with E-state index in [1.807, 2.05) is 34.9 Å². The van der Waals surface area contributed by atoms with E-state index in [2.05, 4.69) is 15.0 Å². The lowest BCUT2D eigenvalue weighted by atomic mass is 10.2. The van der Waals surface area contributed by atoms with E-state index in [0.29, 0.717) is 28.4 Å². The van der Waals surface area contributed by atoms with Crippen molar-refractivity contribution < 1.29 is 14.3 Å². The van der Waals surface area contributed by atoms with Crippen LogP contribution >= 0.6 is 0 Å². The first-order valence-electron chi connectivity index (χ1n) is 9.06. The number of ether oxygens (including phenoxy) is 1. The molecule has 4 rings (SSSR count). The summed E-state index contributed by atoms with van der Waals surface area (Å²) in [5, 5.41) is 0. The number of amides is 1. The molecule has 3 heterocycles. The number of esters is 1. The van der Waals surface area contributed by atoms with E-state index in [0.717, 1.165) is 11.3 Å². The van der Waals surface area contributed by atoms with Crippen LogP contribution in [0.4, 0.5) is 5.82 Å². The van der Waals surface area contributed by atoms with Gasteiger partial charge in [-0.05, 0) is 35.9 Å². The number of hydrogen-bond acceptors (Lipinski definition) is 7. The molecule has 0 aliphatic rings. The molecule has 0 aliphatic heterocycles. The average Bonchev–Trinajstić information content (AvgIpc) is 3.11. The van der Waals surface area contributed by atoms with E-state index < -0.39 is 5.91 Å². The van der Waals surface area contributed by atoms with E-state index in [-0.39, 0.29) is 18.1 Å². The molecular formula is C21H18N6O3. The molecule has 0 fully saturated rings. The highest BCUT2D eigenvalue weighted by Crippen LogP contribution is 2.30. The number of aromatic nitrogens is 4. The smallest absolute Gasteiger partial charge is 0.302 e. The Balaban J connectivity index is 1.88. The molecule has 4 N–H and O–H groups in total. The molecule has 9 nitrogen and oxygen atoms in total. The van der Waals surface area contributed by atoms with Crippen LogP contribution in [0.5, 0.6) is 0 Å². The normalized spacial score (nSPS) is 10.8. The number of nitrogens with two attached hydrogens (primary N) is 2. The highest BCUT2D eigenvalue weighted by Gasteiger charge is 2.19. The third-order valence-corrected chi connectivity index (χ3v) is 4.50. The molecule has 0 saturated heterocycles. The van der Waals surface area contributed by atoms with Crippen molar-refractivity contribution in [3.63, 3.8) is 0 Å². The Kier molecular flexibility index (Phi) is 4.85. The maximum atomic E-state index is 11.6. The van der Waals surface area contributed by atoms with Crippen molar-refractivity contribution in [2.75, 3.05) is 5.73 Å². The molecule has 1 amide bonds. The molecule has 0 radical (unpaired) electrons. The van der Waals surface area contributed by atoms with Gasteiger partial charge in [0, 0.05) is 25.0 Å². The standard InChI is InChI=1S/C21H18N6O3/c1-12(28)30-11-13-4-6-15(7-5-13)27-20(16-3-2-8-24-18(16)22)26-17-9-14(19(23)29)10-25-21(17)27/h2-10H,11H2,1H3,(H2,22,24)(H2,23,29). The van der Waals surface area contributed by atoms with Gasteiger partial charge in [0.05, 0.1) is 11.1 Å². The molecule has 4 aromatic rings. The zero-order valence-corrected chi connectivity index (χ0v) is 16.1. The Bertz CT molecular complexity index is 1260. The molecule has 0 atom stereocenters. The van der Waals surface area contributed by atoms with E-state index >= 15 is 0 Å². The summed E-state index contributed by atoms with van der Waals surface area (Å²) in [6.07, 6.45) is 3.01. The minimum absolute atomic E-state index is 0.183. The number of benzene rings is 1. The van der Waals surface area contributed by atoms with E-state index in [9.17, 15) is 9.59 Å². The summed E-state index contributed by atoms with van der Waals surface area (Å²) in [5.74, 6) is -0.0900. The molecule has 3 aromatic heterocycles. The number of nitrogens with zero attached hydrogens (tertiary/aromatic N) is 4. The zero-order chi connectivity index (χ0) is 21.3. The van der Waals surface area contributed by atoms with Gasteiger partial charge in [0.2, 0.25) is 5.91 Å². The number of anilines is 1. The first kappa shape index (κ1) is 19.1. The predicted octanol–water partition coefficient (Wildman–Crippen LogP) is 2.23. The minimum atomic E-state index is -0.587. The number of fused-ring (bicyclic) bond motifs is 1. The highest BCUT2D eigenvalue weighted by molar-refractivity contribution is 5.96. The van der Waals surface area contributed by atoms with Crippen LogP contribution in [0.15, 0.2) is 54.9 Å². The van der Waals surface area contributed by atoms with Gasteiger partial charge in [0.1, 0.15) is 17.9 Å². The molecule has 0 bridgehead atoms. The molecule has 30 heavy (non-hydrogen) atoms. The second kappa shape index (κ2) is 7.63. The van der Waals surface area contributed by atoms with E-state index in [1.165, 1.54) is 13.1 Å². The fourth-order valence-corrected chi connectivity index (χ4v) is 3.06. The second-order valence-electron chi connectivity index (χ2n) is 6.58.